The number of nitrogens with zero attached hydrogens (tertiary/aromatic N) is 2. The Kier molecular flexibility index (Phi) is 8.29. The monoisotopic (exact) mass is 470 g/mol. The highest BCUT2D eigenvalue weighted by molar-refractivity contribution is 5.97. The van der Waals surface area contributed by atoms with E-state index in [2.05, 4.69) is 10.6 Å². The van der Waals surface area contributed by atoms with E-state index in [0.29, 0.717) is 44.5 Å². The molecule has 0 spiro atoms. The Labute approximate surface area is 196 Å². The van der Waals surface area contributed by atoms with Gasteiger partial charge in [0.1, 0.15) is 11.9 Å². The Bertz CT molecular complexity index is 1070. The zero-order chi connectivity index (χ0) is 24.7. The molecule has 0 saturated carbocycles. The molecule has 3 rings (SSSR count). The summed E-state index contributed by atoms with van der Waals surface area (Å²) < 4.78 is 13.7. The van der Waals surface area contributed by atoms with Gasteiger partial charge in [-0.15, -0.1) is 0 Å². The lowest BCUT2D eigenvalue weighted by Gasteiger charge is -2.33. The van der Waals surface area contributed by atoms with E-state index in [1.165, 1.54) is 24.3 Å². The predicted molar refractivity (Wildman–Crippen MR) is 122 cm³/mol. The van der Waals surface area contributed by atoms with Crippen molar-refractivity contribution in [1.29, 1.82) is 0 Å². The third kappa shape index (κ3) is 6.37. The van der Waals surface area contributed by atoms with Gasteiger partial charge in [0.2, 0.25) is 11.8 Å². The molecule has 2 aromatic carbocycles. The number of nitro groups is 1. The van der Waals surface area contributed by atoms with Gasteiger partial charge >= 0.3 is 0 Å². The Balaban J connectivity index is 1.44. The fourth-order valence-electron chi connectivity index (χ4n) is 3.90. The Morgan fingerprint density at radius 1 is 1.15 bits per heavy atom. The molecule has 2 aromatic rings. The van der Waals surface area contributed by atoms with Crippen molar-refractivity contribution in [2.45, 2.75) is 32.2 Å². The van der Waals surface area contributed by atoms with Crippen molar-refractivity contribution in [1.82, 2.24) is 15.5 Å². The summed E-state index contributed by atoms with van der Waals surface area (Å²) in [4.78, 5) is 49.5. The van der Waals surface area contributed by atoms with E-state index < -0.39 is 16.9 Å². The van der Waals surface area contributed by atoms with E-state index in [0.717, 1.165) is 6.07 Å². The second-order valence-corrected chi connectivity index (χ2v) is 8.23. The summed E-state index contributed by atoms with van der Waals surface area (Å²) in [6, 6.07) is 10.9. The van der Waals surface area contributed by atoms with Crippen molar-refractivity contribution < 1.29 is 23.7 Å². The summed E-state index contributed by atoms with van der Waals surface area (Å²) in [5.74, 6) is -1.50. The van der Waals surface area contributed by atoms with Gasteiger partial charge in [-0.2, -0.15) is 0 Å². The number of hydrogen-bond donors (Lipinski definition) is 2. The van der Waals surface area contributed by atoms with Gasteiger partial charge in [0.15, 0.2) is 0 Å². The summed E-state index contributed by atoms with van der Waals surface area (Å²) in [5, 5.41) is 16.3. The van der Waals surface area contributed by atoms with Crippen LogP contribution in [0.25, 0.3) is 0 Å². The van der Waals surface area contributed by atoms with Crippen LogP contribution in [0.4, 0.5) is 10.1 Å². The smallest absolute Gasteiger partial charge is 0.270 e. The molecule has 1 unspecified atom stereocenters. The molecule has 3 amide bonds. The molecule has 34 heavy (non-hydrogen) atoms. The zero-order valence-corrected chi connectivity index (χ0v) is 18.8. The molecule has 180 valence electrons. The maximum atomic E-state index is 13.7. The third-order valence-corrected chi connectivity index (χ3v) is 5.87. The van der Waals surface area contributed by atoms with Crippen molar-refractivity contribution in [2.24, 2.45) is 5.92 Å². The van der Waals surface area contributed by atoms with Crippen LogP contribution in [0.1, 0.15) is 35.7 Å². The number of hydrogen-bond acceptors (Lipinski definition) is 5. The zero-order valence-electron chi connectivity index (χ0n) is 18.8. The van der Waals surface area contributed by atoms with E-state index >= 15 is 0 Å². The van der Waals surface area contributed by atoms with Crippen LogP contribution < -0.4 is 10.6 Å². The molecule has 1 atom stereocenters. The first kappa shape index (κ1) is 24.8. The van der Waals surface area contributed by atoms with Crippen molar-refractivity contribution in [3.63, 3.8) is 0 Å². The highest BCUT2D eigenvalue weighted by atomic mass is 19.1. The largest absolute Gasteiger partial charge is 0.356 e. The molecule has 0 bridgehead atoms. The number of amides is 3. The van der Waals surface area contributed by atoms with Gasteiger partial charge in [0.25, 0.3) is 11.6 Å². The van der Waals surface area contributed by atoms with E-state index in [4.69, 9.17) is 0 Å². The third-order valence-electron chi connectivity index (χ3n) is 5.87. The van der Waals surface area contributed by atoms with Gasteiger partial charge in [-0.1, -0.05) is 24.3 Å². The van der Waals surface area contributed by atoms with Gasteiger partial charge in [-0.05, 0) is 43.9 Å². The summed E-state index contributed by atoms with van der Waals surface area (Å²) in [6.07, 6.45) is 1.38. The Morgan fingerprint density at radius 2 is 1.85 bits per heavy atom. The van der Waals surface area contributed by atoms with E-state index in [-0.39, 0.29) is 34.8 Å². The van der Waals surface area contributed by atoms with Crippen molar-refractivity contribution in [3.8, 4) is 0 Å². The molecule has 1 fully saturated rings. The van der Waals surface area contributed by atoms with Crippen molar-refractivity contribution in [2.75, 3.05) is 19.6 Å². The molecule has 1 aliphatic rings. The molecule has 0 aromatic heterocycles. The molecule has 1 heterocycles. The number of rotatable bonds is 8. The molecule has 2 N–H and O–H groups in total. The van der Waals surface area contributed by atoms with Gasteiger partial charge < -0.3 is 15.5 Å². The summed E-state index contributed by atoms with van der Waals surface area (Å²) >= 11 is 0. The number of halogens is 1. The number of carbonyl (C=O) groups excluding carboxylic acids is 3. The molecule has 1 saturated heterocycles. The fourth-order valence-corrected chi connectivity index (χ4v) is 3.90. The van der Waals surface area contributed by atoms with Gasteiger partial charge in [-0.25, -0.2) is 4.39 Å². The number of nitro benzene ring substituents is 1. The lowest BCUT2D eigenvalue weighted by molar-refractivity contribution is -0.384. The molecular formula is C24H27FN4O5. The predicted octanol–water partition coefficient (Wildman–Crippen LogP) is 2.45. The van der Waals surface area contributed by atoms with E-state index in [9.17, 15) is 28.9 Å². The fraction of sp³-hybridized carbons (Fsp3) is 0.375. The number of non-ortho nitro benzene ring substituents is 1. The minimum atomic E-state index is -0.821. The van der Waals surface area contributed by atoms with E-state index in [1.807, 2.05) is 0 Å². The summed E-state index contributed by atoms with van der Waals surface area (Å²) in [6.45, 7) is 2.64. The highest BCUT2D eigenvalue weighted by Gasteiger charge is 2.30. The highest BCUT2D eigenvalue weighted by Crippen LogP contribution is 2.19. The van der Waals surface area contributed by atoms with Gasteiger partial charge in [0, 0.05) is 43.2 Å². The van der Waals surface area contributed by atoms with Crippen LogP contribution in [-0.2, 0) is 16.0 Å². The Morgan fingerprint density at radius 3 is 2.53 bits per heavy atom. The molecule has 9 nitrogen and oxygen atoms in total. The van der Waals surface area contributed by atoms with Crippen LogP contribution in [0.3, 0.4) is 0 Å². The van der Waals surface area contributed by atoms with Gasteiger partial charge in [0.05, 0.1) is 4.92 Å². The number of benzene rings is 2. The molecular weight excluding hydrogens is 443 g/mol. The average Bonchev–Trinajstić information content (AvgIpc) is 2.84. The molecule has 0 radical (unpaired) electrons. The number of nitrogens with one attached hydrogen (secondary N) is 2. The van der Waals surface area contributed by atoms with Crippen LogP contribution in [0.5, 0.6) is 0 Å². The summed E-state index contributed by atoms with van der Waals surface area (Å²) in [7, 11) is 0. The first-order chi connectivity index (χ1) is 16.3. The molecule has 10 heteroatoms. The first-order valence-corrected chi connectivity index (χ1v) is 11.1. The average molecular weight is 471 g/mol. The maximum Gasteiger partial charge on any atom is 0.270 e. The minimum absolute atomic E-state index is 0.0969. The van der Waals surface area contributed by atoms with Crippen molar-refractivity contribution >= 4 is 23.4 Å². The van der Waals surface area contributed by atoms with E-state index in [1.54, 1.807) is 30.0 Å². The summed E-state index contributed by atoms with van der Waals surface area (Å²) in [5.41, 5.74) is 0.435. The number of piperidine rings is 1. The van der Waals surface area contributed by atoms with Crippen LogP contribution in [0, 0.1) is 21.8 Å². The minimum Gasteiger partial charge on any atom is -0.356 e. The second kappa shape index (κ2) is 11.4. The lowest BCUT2D eigenvalue weighted by Crippen LogP contribution is -2.50. The number of likely N-dealkylation sites (tertiary alicyclic amines) is 1. The quantitative estimate of drug-likeness (QED) is 0.453. The first-order valence-electron chi connectivity index (χ1n) is 11.1. The maximum absolute atomic E-state index is 13.7. The second-order valence-electron chi connectivity index (χ2n) is 8.23. The standard InChI is InChI=1S/C24H27FN4O5/c1-16(27-23(31)19-6-4-7-20(15-19)29(33)34)24(32)28-13-10-18(11-14-28)22(30)26-12-9-17-5-2-3-8-21(17)25/h2-8,15-16,18H,9-14H2,1H3,(H,26,30)(H,27,31). The topological polar surface area (TPSA) is 122 Å². The van der Waals surface area contributed by atoms with Crippen LogP contribution in [-0.4, -0.2) is 53.2 Å². The molecule has 0 aliphatic carbocycles. The van der Waals surface area contributed by atoms with Crippen LogP contribution in [0.15, 0.2) is 48.5 Å². The Hall–Kier alpha value is -3.82. The van der Waals surface area contributed by atoms with Crippen LogP contribution >= 0.6 is 0 Å². The SMILES string of the molecule is CC(NC(=O)c1cccc([N+](=O)[O-])c1)C(=O)N1CCC(C(=O)NCCc2ccccc2F)CC1. The normalized spacial score (nSPS) is 14.8. The molecule has 1 aliphatic heterocycles. The van der Waals surface area contributed by atoms with Gasteiger partial charge in [-0.3, -0.25) is 24.5 Å². The van der Waals surface area contributed by atoms with Crippen LogP contribution in [0.2, 0.25) is 0 Å². The number of carbonyl (C=O) groups is 3. The lowest BCUT2D eigenvalue weighted by atomic mass is 9.95. The van der Waals surface area contributed by atoms with Crippen molar-refractivity contribution in [3.05, 3.63) is 75.6 Å².